The van der Waals surface area contributed by atoms with Crippen LogP contribution in [-0.4, -0.2) is 10.7 Å². The minimum atomic E-state index is -0.960. The maximum absolute atomic E-state index is 10.6. The van der Waals surface area contributed by atoms with E-state index in [2.05, 4.69) is 12.1 Å². The second kappa shape index (κ2) is 4.16. The van der Waals surface area contributed by atoms with Gasteiger partial charge in [0.05, 0.1) is 11.7 Å². The van der Waals surface area contributed by atoms with E-state index in [1.807, 2.05) is 25.1 Å². The fourth-order valence-electron chi connectivity index (χ4n) is 2.93. The van der Waals surface area contributed by atoms with Gasteiger partial charge in [-0.2, -0.15) is 5.26 Å². The molecule has 2 rings (SSSR count). The molecule has 1 aromatic carbocycles. The van der Waals surface area contributed by atoms with Crippen molar-refractivity contribution in [2.24, 2.45) is 0 Å². The third kappa shape index (κ3) is 1.66. The van der Waals surface area contributed by atoms with Crippen LogP contribution in [0.5, 0.6) is 0 Å². The predicted molar refractivity (Wildman–Crippen MR) is 67.6 cm³/mol. The van der Waals surface area contributed by atoms with Gasteiger partial charge in [-0.15, -0.1) is 0 Å². The van der Waals surface area contributed by atoms with E-state index in [0.29, 0.717) is 6.42 Å². The largest absolute Gasteiger partial charge is 0.388 e. The first-order chi connectivity index (χ1) is 8.07. The molecular weight excluding hydrogens is 210 g/mol. The van der Waals surface area contributed by atoms with Gasteiger partial charge in [0.1, 0.15) is 5.41 Å². The normalized spacial score (nSPS) is 26.7. The molecule has 2 atom stereocenters. The molecule has 0 aliphatic heterocycles. The molecule has 17 heavy (non-hydrogen) atoms. The summed E-state index contributed by atoms with van der Waals surface area (Å²) in [4.78, 5) is 0. The van der Waals surface area contributed by atoms with E-state index in [-0.39, 0.29) is 0 Å². The Morgan fingerprint density at radius 1 is 1.47 bits per heavy atom. The van der Waals surface area contributed by atoms with Gasteiger partial charge in [0, 0.05) is 0 Å². The summed E-state index contributed by atoms with van der Waals surface area (Å²) in [5, 5.41) is 20.3. The van der Waals surface area contributed by atoms with Gasteiger partial charge < -0.3 is 5.11 Å². The van der Waals surface area contributed by atoms with Crippen LogP contribution in [0, 0.1) is 11.3 Å². The van der Waals surface area contributed by atoms with Gasteiger partial charge in [-0.1, -0.05) is 31.2 Å². The van der Waals surface area contributed by atoms with Crippen LogP contribution in [-0.2, 0) is 11.8 Å². The zero-order chi connectivity index (χ0) is 12.5. The summed E-state index contributed by atoms with van der Waals surface area (Å²) in [5.41, 5.74) is 0.545. The molecule has 1 aliphatic rings. The van der Waals surface area contributed by atoms with E-state index in [0.717, 1.165) is 24.8 Å². The van der Waals surface area contributed by atoms with E-state index in [1.165, 1.54) is 5.56 Å². The standard InChI is InChI=1S/C15H19NO/c1-3-14(2,17)15(11-16)10-6-8-12-7-4-5-9-13(12)15/h4-5,7,9,17H,3,6,8,10H2,1-2H3. The maximum atomic E-state index is 10.6. The highest BCUT2D eigenvalue weighted by molar-refractivity contribution is 5.44. The first-order valence-corrected chi connectivity index (χ1v) is 6.29. The maximum Gasteiger partial charge on any atom is 0.111 e. The lowest BCUT2D eigenvalue weighted by Gasteiger charge is -2.43. The van der Waals surface area contributed by atoms with Gasteiger partial charge in [-0.05, 0) is 43.7 Å². The average molecular weight is 229 g/mol. The van der Waals surface area contributed by atoms with E-state index in [1.54, 1.807) is 6.92 Å². The molecule has 1 N–H and O–H groups in total. The van der Waals surface area contributed by atoms with Gasteiger partial charge >= 0.3 is 0 Å². The van der Waals surface area contributed by atoms with Crippen molar-refractivity contribution in [1.29, 1.82) is 5.26 Å². The Balaban J connectivity index is 2.63. The Kier molecular flexibility index (Phi) is 2.97. The zero-order valence-electron chi connectivity index (χ0n) is 10.5. The topological polar surface area (TPSA) is 44.0 Å². The molecule has 0 saturated carbocycles. The fraction of sp³-hybridized carbons (Fsp3) is 0.533. The van der Waals surface area contributed by atoms with Crippen LogP contribution in [0.25, 0.3) is 0 Å². The van der Waals surface area contributed by atoms with Crippen molar-refractivity contribution < 1.29 is 5.11 Å². The highest BCUT2D eigenvalue weighted by Crippen LogP contribution is 2.45. The molecule has 2 heteroatoms. The Hall–Kier alpha value is -1.33. The molecule has 0 radical (unpaired) electrons. The first-order valence-electron chi connectivity index (χ1n) is 6.29. The van der Waals surface area contributed by atoms with Gasteiger partial charge in [-0.3, -0.25) is 0 Å². The number of hydrogen-bond acceptors (Lipinski definition) is 2. The van der Waals surface area contributed by atoms with Crippen molar-refractivity contribution in [3.63, 3.8) is 0 Å². The molecule has 0 fully saturated rings. The molecular formula is C15H19NO. The summed E-state index contributed by atoms with van der Waals surface area (Å²) in [6.07, 6.45) is 3.33. The Morgan fingerprint density at radius 2 is 2.18 bits per heavy atom. The van der Waals surface area contributed by atoms with E-state index >= 15 is 0 Å². The highest BCUT2D eigenvalue weighted by Gasteiger charge is 2.49. The molecule has 1 aliphatic carbocycles. The molecule has 0 amide bonds. The summed E-state index contributed by atoms with van der Waals surface area (Å²) >= 11 is 0. The number of nitriles is 1. The lowest BCUT2D eigenvalue weighted by atomic mass is 9.61. The summed E-state index contributed by atoms with van der Waals surface area (Å²) < 4.78 is 0. The van der Waals surface area contributed by atoms with Crippen molar-refractivity contribution in [2.45, 2.75) is 50.5 Å². The second-order valence-electron chi connectivity index (χ2n) is 5.16. The van der Waals surface area contributed by atoms with Gasteiger partial charge in [0.25, 0.3) is 0 Å². The molecule has 90 valence electrons. The van der Waals surface area contributed by atoms with Crippen molar-refractivity contribution in [1.82, 2.24) is 0 Å². The molecule has 0 saturated heterocycles. The number of hydrogen-bond donors (Lipinski definition) is 1. The predicted octanol–water partition coefficient (Wildman–Crippen LogP) is 2.95. The number of aliphatic hydroxyl groups is 1. The van der Waals surface area contributed by atoms with Crippen molar-refractivity contribution in [3.05, 3.63) is 35.4 Å². The zero-order valence-corrected chi connectivity index (χ0v) is 10.5. The van der Waals surface area contributed by atoms with Gasteiger partial charge in [0.15, 0.2) is 0 Å². The monoisotopic (exact) mass is 229 g/mol. The average Bonchev–Trinajstić information content (AvgIpc) is 2.37. The second-order valence-corrected chi connectivity index (χ2v) is 5.16. The Bertz CT molecular complexity index is 458. The minimum Gasteiger partial charge on any atom is -0.388 e. The summed E-state index contributed by atoms with van der Waals surface area (Å²) in [5.74, 6) is 0. The number of aryl methyl sites for hydroxylation is 1. The molecule has 0 bridgehead atoms. The van der Waals surface area contributed by atoms with Gasteiger partial charge in [-0.25, -0.2) is 0 Å². The van der Waals surface area contributed by atoms with Crippen LogP contribution in [0.3, 0.4) is 0 Å². The Labute approximate surface area is 103 Å². The van der Waals surface area contributed by atoms with Crippen molar-refractivity contribution >= 4 is 0 Å². The van der Waals surface area contributed by atoms with Crippen LogP contribution in [0.1, 0.15) is 44.2 Å². The number of fused-ring (bicyclic) bond motifs is 1. The third-order valence-electron chi connectivity index (χ3n) is 4.27. The molecule has 0 aromatic heterocycles. The van der Waals surface area contributed by atoms with E-state index in [9.17, 15) is 10.4 Å². The van der Waals surface area contributed by atoms with Crippen LogP contribution in [0.15, 0.2) is 24.3 Å². The number of rotatable bonds is 2. The number of benzene rings is 1. The lowest BCUT2D eigenvalue weighted by molar-refractivity contribution is -0.0102. The molecule has 0 spiro atoms. The third-order valence-corrected chi connectivity index (χ3v) is 4.27. The van der Waals surface area contributed by atoms with E-state index in [4.69, 9.17) is 0 Å². The van der Waals surface area contributed by atoms with Crippen molar-refractivity contribution in [3.8, 4) is 6.07 Å². The fourth-order valence-corrected chi connectivity index (χ4v) is 2.93. The summed E-state index contributed by atoms with van der Waals surface area (Å²) in [6.45, 7) is 3.73. The molecule has 2 nitrogen and oxygen atoms in total. The van der Waals surface area contributed by atoms with E-state index < -0.39 is 11.0 Å². The highest BCUT2D eigenvalue weighted by atomic mass is 16.3. The van der Waals surface area contributed by atoms with Crippen LogP contribution in [0.2, 0.25) is 0 Å². The molecule has 2 unspecified atom stereocenters. The van der Waals surface area contributed by atoms with Crippen LogP contribution < -0.4 is 0 Å². The molecule has 1 aromatic rings. The SMILES string of the molecule is CCC(C)(O)C1(C#N)CCCc2ccccc21. The lowest BCUT2D eigenvalue weighted by Crippen LogP contribution is -2.50. The quantitative estimate of drug-likeness (QED) is 0.847. The minimum absolute atomic E-state index is 0.592. The summed E-state index contributed by atoms with van der Waals surface area (Å²) in [6, 6.07) is 10.5. The number of nitrogens with zero attached hydrogens (tertiary/aromatic N) is 1. The Morgan fingerprint density at radius 3 is 2.82 bits per heavy atom. The van der Waals surface area contributed by atoms with Crippen LogP contribution >= 0.6 is 0 Å². The smallest absolute Gasteiger partial charge is 0.111 e. The molecule has 0 heterocycles. The van der Waals surface area contributed by atoms with Crippen LogP contribution in [0.4, 0.5) is 0 Å². The summed E-state index contributed by atoms with van der Waals surface area (Å²) in [7, 11) is 0. The first kappa shape index (κ1) is 12.1. The van der Waals surface area contributed by atoms with Gasteiger partial charge in [0.2, 0.25) is 0 Å². The van der Waals surface area contributed by atoms with Crippen molar-refractivity contribution in [2.75, 3.05) is 0 Å².